The van der Waals surface area contributed by atoms with E-state index in [0.717, 1.165) is 18.7 Å². The molecule has 0 radical (unpaired) electrons. The van der Waals surface area contributed by atoms with Crippen LogP contribution in [0.2, 0.25) is 0 Å². The molecule has 1 fully saturated rings. The predicted molar refractivity (Wildman–Crippen MR) is 72.6 cm³/mol. The number of rotatable bonds is 6. The average molecular weight is 264 g/mol. The van der Waals surface area contributed by atoms with Crippen LogP contribution in [0.5, 0.6) is 11.5 Å². The zero-order valence-electron chi connectivity index (χ0n) is 11.4. The molecule has 104 valence electrons. The van der Waals surface area contributed by atoms with Gasteiger partial charge in [-0.3, -0.25) is 4.79 Å². The molecule has 1 aliphatic rings. The van der Waals surface area contributed by atoms with E-state index in [1.807, 2.05) is 25.1 Å². The number of carbonyl (C=O) groups excluding carboxylic acids is 1. The van der Waals surface area contributed by atoms with E-state index in [2.05, 4.69) is 10.6 Å². The Bertz CT molecular complexity index is 444. The summed E-state index contributed by atoms with van der Waals surface area (Å²) in [6.07, 6.45) is 0. The van der Waals surface area contributed by atoms with E-state index in [1.54, 1.807) is 7.11 Å². The number of methoxy groups -OCH3 is 1. The molecule has 2 N–H and O–H groups in total. The minimum Gasteiger partial charge on any atom is -0.493 e. The first-order valence-corrected chi connectivity index (χ1v) is 6.44. The van der Waals surface area contributed by atoms with Gasteiger partial charge in [-0.15, -0.1) is 0 Å². The third-order valence-electron chi connectivity index (χ3n) is 3.13. The molecule has 1 heterocycles. The molecule has 1 amide bonds. The molecule has 0 saturated carbocycles. The zero-order chi connectivity index (χ0) is 13.7. The minimum absolute atomic E-state index is 0.0135. The molecule has 1 saturated heterocycles. The maximum atomic E-state index is 11.6. The van der Waals surface area contributed by atoms with Crippen molar-refractivity contribution in [1.82, 2.24) is 10.6 Å². The zero-order valence-corrected chi connectivity index (χ0v) is 11.4. The van der Waals surface area contributed by atoms with Crippen molar-refractivity contribution in [1.29, 1.82) is 0 Å². The quantitative estimate of drug-likeness (QED) is 0.795. The van der Waals surface area contributed by atoms with Crippen LogP contribution in [-0.2, 0) is 4.79 Å². The highest BCUT2D eigenvalue weighted by Crippen LogP contribution is 2.27. The lowest BCUT2D eigenvalue weighted by molar-refractivity contribution is -0.123. The Balaban J connectivity index is 1.78. The monoisotopic (exact) mass is 264 g/mol. The molecule has 2 rings (SSSR count). The summed E-state index contributed by atoms with van der Waals surface area (Å²) >= 11 is 0. The fraction of sp³-hybridized carbons (Fsp3) is 0.500. The van der Waals surface area contributed by atoms with Gasteiger partial charge in [0, 0.05) is 25.6 Å². The fourth-order valence-corrected chi connectivity index (χ4v) is 1.84. The summed E-state index contributed by atoms with van der Waals surface area (Å²) in [5, 5.41) is 6.02. The number of benzene rings is 1. The predicted octanol–water partition coefficient (Wildman–Crippen LogP) is 0.718. The topological polar surface area (TPSA) is 59.6 Å². The Morgan fingerprint density at radius 3 is 2.84 bits per heavy atom. The Kier molecular flexibility index (Phi) is 4.63. The molecule has 5 nitrogen and oxygen atoms in total. The fourth-order valence-electron chi connectivity index (χ4n) is 1.84. The van der Waals surface area contributed by atoms with Crippen molar-refractivity contribution in [2.45, 2.75) is 6.92 Å². The van der Waals surface area contributed by atoms with Gasteiger partial charge in [-0.25, -0.2) is 0 Å². The first-order valence-electron chi connectivity index (χ1n) is 6.44. The molecule has 1 aromatic rings. The summed E-state index contributed by atoms with van der Waals surface area (Å²) in [7, 11) is 1.59. The van der Waals surface area contributed by atoms with Gasteiger partial charge in [0.15, 0.2) is 18.1 Å². The molecule has 19 heavy (non-hydrogen) atoms. The lowest BCUT2D eigenvalue weighted by Gasteiger charge is -2.27. The highest BCUT2D eigenvalue weighted by molar-refractivity contribution is 5.77. The first-order chi connectivity index (χ1) is 9.19. The molecule has 0 atom stereocenters. The second-order valence-electron chi connectivity index (χ2n) is 4.77. The van der Waals surface area contributed by atoms with Crippen LogP contribution in [0.4, 0.5) is 0 Å². The molecule has 5 heteroatoms. The summed E-state index contributed by atoms with van der Waals surface area (Å²) in [6.45, 7) is 4.66. The first kappa shape index (κ1) is 13.7. The number of nitrogens with one attached hydrogen (secondary N) is 2. The van der Waals surface area contributed by atoms with Gasteiger partial charge >= 0.3 is 0 Å². The maximum absolute atomic E-state index is 11.6. The van der Waals surface area contributed by atoms with Gasteiger partial charge in [-0.1, -0.05) is 6.07 Å². The van der Waals surface area contributed by atoms with Gasteiger partial charge in [0.1, 0.15) is 0 Å². The van der Waals surface area contributed by atoms with Gasteiger partial charge in [-0.05, 0) is 24.6 Å². The van der Waals surface area contributed by atoms with Gasteiger partial charge in [0.2, 0.25) is 0 Å². The number of hydrogen-bond acceptors (Lipinski definition) is 4. The van der Waals surface area contributed by atoms with E-state index in [9.17, 15) is 4.79 Å². The second kappa shape index (κ2) is 6.43. The van der Waals surface area contributed by atoms with Gasteiger partial charge in [-0.2, -0.15) is 0 Å². The molecule has 1 aromatic carbocycles. The maximum Gasteiger partial charge on any atom is 0.257 e. The summed E-state index contributed by atoms with van der Waals surface area (Å²) in [6, 6.07) is 5.63. The standard InChI is InChI=1S/C14H20N2O3/c1-10-3-4-12(13(5-10)18-2)19-9-14(17)16-8-11-6-15-7-11/h3-5,11,15H,6-9H2,1-2H3,(H,16,17). The lowest BCUT2D eigenvalue weighted by atomic mass is 10.0. The van der Waals surface area contributed by atoms with Crippen LogP contribution in [0, 0.1) is 12.8 Å². The average Bonchev–Trinajstić information content (AvgIpc) is 2.35. The van der Waals surface area contributed by atoms with Crippen molar-refractivity contribution in [3.05, 3.63) is 23.8 Å². The Morgan fingerprint density at radius 1 is 1.42 bits per heavy atom. The van der Waals surface area contributed by atoms with E-state index in [-0.39, 0.29) is 12.5 Å². The van der Waals surface area contributed by atoms with E-state index in [1.165, 1.54) is 0 Å². The van der Waals surface area contributed by atoms with Gasteiger partial charge in [0.05, 0.1) is 7.11 Å². The Morgan fingerprint density at radius 2 is 2.21 bits per heavy atom. The minimum atomic E-state index is -0.102. The van der Waals surface area contributed by atoms with E-state index >= 15 is 0 Å². The Labute approximate surface area is 113 Å². The molecule has 0 spiro atoms. The molecule has 0 unspecified atom stereocenters. The number of carbonyl (C=O) groups is 1. The van der Waals surface area contributed by atoms with E-state index in [0.29, 0.717) is 24.0 Å². The van der Waals surface area contributed by atoms with Crippen molar-refractivity contribution in [3.63, 3.8) is 0 Å². The third-order valence-corrected chi connectivity index (χ3v) is 3.13. The second-order valence-corrected chi connectivity index (χ2v) is 4.77. The summed E-state index contributed by atoms with van der Waals surface area (Å²) in [5.41, 5.74) is 1.09. The SMILES string of the molecule is COc1cc(C)ccc1OCC(=O)NCC1CNC1. The molecular formula is C14H20N2O3. The van der Waals surface area contributed by atoms with Crippen LogP contribution >= 0.6 is 0 Å². The van der Waals surface area contributed by atoms with Crippen molar-refractivity contribution in [3.8, 4) is 11.5 Å². The number of amides is 1. The van der Waals surface area contributed by atoms with Crippen molar-refractivity contribution in [2.75, 3.05) is 33.4 Å². The smallest absolute Gasteiger partial charge is 0.257 e. The van der Waals surface area contributed by atoms with E-state index in [4.69, 9.17) is 9.47 Å². The normalized spacial score (nSPS) is 14.6. The molecule has 0 aliphatic carbocycles. The molecule has 0 aromatic heterocycles. The van der Waals surface area contributed by atoms with Crippen molar-refractivity contribution in [2.24, 2.45) is 5.92 Å². The largest absolute Gasteiger partial charge is 0.493 e. The molecular weight excluding hydrogens is 244 g/mol. The van der Waals surface area contributed by atoms with Crippen molar-refractivity contribution >= 4 is 5.91 Å². The molecule has 1 aliphatic heterocycles. The van der Waals surface area contributed by atoms with E-state index < -0.39 is 0 Å². The number of hydrogen-bond donors (Lipinski definition) is 2. The van der Waals surface area contributed by atoms with Crippen LogP contribution in [-0.4, -0.2) is 39.3 Å². The van der Waals surface area contributed by atoms with Crippen LogP contribution in [0.25, 0.3) is 0 Å². The lowest BCUT2D eigenvalue weighted by Crippen LogP contribution is -2.48. The van der Waals surface area contributed by atoms with Crippen LogP contribution in [0.15, 0.2) is 18.2 Å². The summed E-state index contributed by atoms with van der Waals surface area (Å²) in [5.74, 6) is 1.69. The van der Waals surface area contributed by atoms with Crippen LogP contribution < -0.4 is 20.1 Å². The summed E-state index contributed by atoms with van der Waals surface area (Å²) in [4.78, 5) is 11.6. The van der Waals surface area contributed by atoms with Crippen LogP contribution in [0.3, 0.4) is 0 Å². The van der Waals surface area contributed by atoms with Crippen LogP contribution in [0.1, 0.15) is 5.56 Å². The third kappa shape index (κ3) is 3.86. The van der Waals surface area contributed by atoms with Gasteiger partial charge in [0.25, 0.3) is 5.91 Å². The van der Waals surface area contributed by atoms with Gasteiger partial charge < -0.3 is 20.1 Å². The number of aryl methyl sites for hydroxylation is 1. The number of ether oxygens (including phenoxy) is 2. The van der Waals surface area contributed by atoms with Crippen molar-refractivity contribution < 1.29 is 14.3 Å². The highest BCUT2D eigenvalue weighted by Gasteiger charge is 2.17. The highest BCUT2D eigenvalue weighted by atomic mass is 16.5. The Hall–Kier alpha value is -1.75. The molecule has 0 bridgehead atoms. The summed E-state index contributed by atoms with van der Waals surface area (Å²) < 4.78 is 10.7.